The van der Waals surface area contributed by atoms with E-state index in [-0.39, 0.29) is 18.0 Å². The van der Waals surface area contributed by atoms with Crippen LogP contribution in [0.25, 0.3) is 6.08 Å². The van der Waals surface area contributed by atoms with E-state index in [1.165, 1.54) is 0 Å². The third kappa shape index (κ3) is 4.56. The van der Waals surface area contributed by atoms with Crippen LogP contribution in [0, 0.1) is 0 Å². The van der Waals surface area contributed by atoms with Crippen LogP contribution in [-0.2, 0) is 4.79 Å². The van der Waals surface area contributed by atoms with Crippen LogP contribution >= 0.6 is 12.2 Å². The number of nitrogens with one attached hydrogen (secondary N) is 2. The first-order chi connectivity index (χ1) is 10.6. The van der Waals surface area contributed by atoms with Crippen molar-refractivity contribution in [2.45, 2.75) is 32.4 Å². The molecule has 0 aromatic heterocycles. The van der Waals surface area contributed by atoms with Gasteiger partial charge in [0, 0.05) is 19.1 Å². The normalized spacial score (nSPS) is 21.3. The average Bonchev–Trinajstić information content (AvgIpc) is 2.51. The minimum Gasteiger partial charge on any atom is -0.360 e. The fourth-order valence-corrected chi connectivity index (χ4v) is 2.88. The van der Waals surface area contributed by atoms with Gasteiger partial charge in [0.1, 0.15) is 6.04 Å². The fraction of sp³-hybridized carbons (Fsp3) is 0.412. The van der Waals surface area contributed by atoms with Gasteiger partial charge in [0.15, 0.2) is 5.11 Å². The largest absolute Gasteiger partial charge is 0.360 e. The Morgan fingerprint density at radius 1 is 1.36 bits per heavy atom. The highest BCUT2D eigenvalue weighted by Crippen LogP contribution is 2.08. The second-order valence-electron chi connectivity index (χ2n) is 5.50. The van der Waals surface area contributed by atoms with Crippen molar-refractivity contribution >= 4 is 29.3 Å². The molecule has 0 aliphatic carbocycles. The Hall–Kier alpha value is -1.88. The van der Waals surface area contributed by atoms with E-state index in [0.29, 0.717) is 18.2 Å². The first-order valence-electron chi connectivity index (χ1n) is 7.67. The maximum atomic E-state index is 12.6. The zero-order valence-corrected chi connectivity index (χ0v) is 13.9. The predicted molar refractivity (Wildman–Crippen MR) is 94.5 cm³/mol. The van der Waals surface area contributed by atoms with Gasteiger partial charge in [-0.3, -0.25) is 4.79 Å². The minimum atomic E-state index is -0.228. The Balaban J connectivity index is 1.94. The van der Waals surface area contributed by atoms with Gasteiger partial charge in [0.2, 0.25) is 5.91 Å². The summed E-state index contributed by atoms with van der Waals surface area (Å²) in [7, 11) is 0. The molecule has 0 bridgehead atoms. The molecule has 2 rings (SSSR count). The van der Waals surface area contributed by atoms with Gasteiger partial charge in [-0.2, -0.15) is 0 Å². The molecule has 0 saturated carbocycles. The maximum absolute atomic E-state index is 12.6. The molecule has 118 valence electrons. The van der Waals surface area contributed by atoms with Crippen LogP contribution in [0.2, 0.25) is 0 Å². The first kappa shape index (κ1) is 16.5. The lowest BCUT2D eigenvalue weighted by Gasteiger charge is -2.33. The van der Waals surface area contributed by atoms with Gasteiger partial charge < -0.3 is 15.5 Å². The fourth-order valence-electron chi connectivity index (χ4n) is 2.53. The maximum Gasteiger partial charge on any atom is 0.245 e. The summed E-state index contributed by atoms with van der Waals surface area (Å²) in [6, 6.07) is 10.1. The second-order valence-corrected chi connectivity index (χ2v) is 5.91. The smallest absolute Gasteiger partial charge is 0.245 e. The quantitative estimate of drug-likeness (QED) is 0.817. The highest BCUT2D eigenvalue weighted by molar-refractivity contribution is 7.80. The molecule has 1 heterocycles. The lowest BCUT2D eigenvalue weighted by atomic mass is 10.1. The summed E-state index contributed by atoms with van der Waals surface area (Å²) < 4.78 is 0. The lowest BCUT2D eigenvalue weighted by molar-refractivity contribution is -0.132. The number of thiocarbonyl (C=S) groups is 1. The summed E-state index contributed by atoms with van der Waals surface area (Å²) in [5.74, 6) is 0.107. The molecular weight excluding hydrogens is 294 g/mol. The van der Waals surface area contributed by atoms with E-state index in [0.717, 1.165) is 12.0 Å². The topological polar surface area (TPSA) is 44.4 Å². The Morgan fingerprint density at radius 3 is 2.73 bits per heavy atom. The van der Waals surface area contributed by atoms with Crippen molar-refractivity contribution in [3.63, 3.8) is 0 Å². The number of likely N-dealkylation sites (N-methyl/N-ethyl adjacent to an activating group) is 1. The summed E-state index contributed by atoms with van der Waals surface area (Å²) >= 11 is 5.15. The predicted octanol–water partition coefficient (Wildman–Crippen LogP) is 2.17. The molecule has 1 saturated heterocycles. The highest BCUT2D eigenvalue weighted by atomic mass is 32.1. The number of carbonyl (C=O) groups is 1. The Bertz CT molecular complexity index is 544. The Labute approximate surface area is 137 Å². The number of hydrogen-bond acceptors (Lipinski definition) is 2. The van der Waals surface area contributed by atoms with E-state index in [9.17, 15) is 4.79 Å². The van der Waals surface area contributed by atoms with Crippen molar-refractivity contribution in [3.8, 4) is 0 Å². The number of nitrogens with zero attached hydrogens (tertiary/aromatic N) is 1. The zero-order valence-electron chi connectivity index (χ0n) is 13.1. The molecule has 5 heteroatoms. The van der Waals surface area contributed by atoms with Crippen molar-refractivity contribution < 1.29 is 4.79 Å². The molecule has 0 spiro atoms. The second kappa shape index (κ2) is 7.94. The van der Waals surface area contributed by atoms with Crippen LogP contribution in [0.3, 0.4) is 0 Å². The van der Waals surface area contributed by atoms with Crippen molar-refractivity contribution in [2.24, 2.45) is 0 Å². The van der Waals surface area contributed by atoms with E-state index in [1.54, 1.807) is 0 Å². The van der Waals surface area contributed by atoms with Crippen LogP contribution in [0.5, 0.6) is 0 Å². The molecule has 1 aliphatic rings. The molecule has 0 radical (unpaired) electrons. The van der Waals surface area contributed by atoms with Gasteiger partial charge in [0.25, 0.3) is 0 Å². The standard InChI is InChI=1S/C17H23N3OS/c1-3-20(11-7-10-14-8-5-4-6-9-14)16(21)15-12-13(2)18-17(22)19-15/h4-10,13,15H,3,11-12H2,1-2H3,(H2,18,19,22)/t13-,15+/m1/s1. The molecule has 4 nitrogen and oxygen atoms in total. The van der Waals surface area contributed by atoms with E-state index in [1.807, 2.05) is 61.2 Å². The number of amides is 1. The van der Waals surface area contributed by atoms with Crippen molar-refractivity contribution in [1.29, 1.82) is 0 Å². The third-order valence-electron chi connectivity index (χ3n) is 3.70. The van der Waals surface area contributed by atoms with Gasteiger partial charge in [-0.25, -0.2) is 0 Å². The van der Waals surface area contributed by atoms with Crippen LogP contribution < -0.4 is 10.6 Å². The average molecular weight is 317 g/mol. The number of hydrogen-bond donors (Lipinski definition) is 2. The Kier molecular flexibility index (Phi) is 5.95. The van der Waals surface area contributed by atoms with Gasteiger partial charge in [-0.1, -0.05) is 42.5 Å². The highest BCUT2D eigenvalue weighted by Gasteiger charge is 2.29. The van der Waals surface area contributed by atoms with Crippen molar-refractivity contribution in [2.75, 3.05) is 13.1 Å². The monoisotopic (exact) mass is 317 g/mol. The third-order valence-corrected chi connectivity index (χ3v) is 3.93. The van der Waals surface area contributed by atoms with Crippen LogP contribution in [0.1, 0.15) is 25.8 Å². The molecular formula is C17H23N3OS. The molecule has 1 aromatic rings. The molecule has 2 N–H and O–H groups in total. The van der Waals surface area contributed by atoms with Crippen LogP contribution in [0.15, 0.2) is 36.4 Å². The van der Waals surface area contributed by atoms with Gasteiger partial charge >= 0.3 is 0 Å². The summed E-state index contributed by atoms with van der Waals surface area (Å²) in [5.41, 5.74) is 1.14. The molecule has 1 fully saturated rings. The molecule has 1 aliphatic heterocycles. The number of rotatable bonds is 5. The van der Waals surface area contributed by atoms with Crippen LogP contribution in [0.4, 0.5) is 0 Å². The zero-order chi connectivity index (χ0) is 15.9. The molecule has 1 amide bonds. The molecule has 0 unspecified atom stereocenters. The Morgan fingerprint density at radius 2 is 2.09 bits per heavy atom. The van der Waals surface area contributed by atoms with Crippen molar-refractivity contribution in [3.05, 3.63) is 42.0 Å². The van der Waals surface area contributed by atoms with Crippen molar-refractivity contribution in [1.82, 2.24) is 15.5 Å². The van der Waals surface area contributed by atoms with E-state index < -0.39 is 0 Å². The van der Waals surface area contributed by atoms with Gasteiger partial charge in [-0.05, 0) is 38.0 Å². The van der Waals surface area contributed by atoms with E-state index in [2.05, 4.69) is 10.6 Å². The minimum absolute atomic E-state index is 0.107. The van der Waals surface area contributed by atoms with Gasteiger partial charge in [0.05, 0.1) is 0 Å². The van der Waals surface area contributed by atoms with E-state index >= 15 is 0 Å². The summed E-state index contributed by atoms with van der Waals surface area (Å²) in [4.78, 5) is 14.4. The number of benzene rings is 1. The lowest BCUT2D eigenvalue weighted by Crippen LogP contribution is -2.58. The number of carbonyl (C=O) groups excluding carboxylic acids is 1. The molecule has 22 heavy (non-hydrogen) atoms. The summed E-state index contributed by atoms with van der Waals surface area (Å²) in [5, 5.41) is 6.76. The van der Waals surface area contributed by atoms with Gasteiger partial charge in [-0.15, -0.1) is 0 Å². The molecule has 1 aromatic carbocycles. The molecule has 2 atom stereocenters. The SMILES string of the molecule is CCN(CC=Cc1ccccc1)C(=O)[C@@H]1C[C@@H](C)NC(=S)N1. The first-order valence-corrected chi connectivity index (χ1v) is 8.08. The summed E-state index contributed by atoms with van der Waals surface area (Å²) in [6.45, 7) is 5.33. The summed E-state index contributed by atoms with van der Waals surface area (Å²) in [6.07, 6.45) is 4.82. The van der Waals surface area contributed by atoms with Crippen LogP contribution in [-0.4, -0.2) is 41.1 Å². The van der Waals surface area contributed by atoms with E-state index in [4.69, 9.17) is 12.2 Å².